The van der Waals surface area contributed by atoms with Gasteiger partial charge in [0.05, 0.1) is 6.54 Å². The third-order valence-electron chi connectivity index (χ3n) is 5.31. The zero-order valence-electron chi connectivity index (χ0n) is 14.1. The molecule has 1 atom stereocenters. The Labute approximate surface area is 142 Å². The average molecular weight is 327 g/mol. The van der Waals surface area contributed by atoms with Crippen LogP contribution < -0.4 is 0 Å². The van der Waals surface area contributed by atoms with Gasteiger partial charge in [-0.15, -0.1) is 0 Å². The summed E-state index contributed by atoms with van der Waals surface area (Å²) in [5, 5.41) is 1.10. The molecule has 1 aromatic carbocycles. The summed E-state index contributed by atoms with van der Waals surface area (Å²) in [6.07, 6.45) is 7.47. The number of amides is 1. The Morgan fingerprint density at radius 3 is 2.67 bits per heavy atom. The lowest BCUT2D eigenvalue weighted by atomic mass is 9.93. The fourth-order valence-corrected chi connectivity index (χ4v) is 4.02. The zero-order valence-corrected chi connectivity index (χ0v) is 14.1. The number of rotatable bonds is 4. The molecule has 24 heavy (non-hydrogen) atoms. The van der Waals surface area contributed by atoms with Gasteiger partial charge in [0, 0.05) is 18.0 Å². The Kier molecular flexibility index (Phi) is 4.56. The van der Waals surface area contributed by atoms with Crippen LogP contribution in [0, 0.1) is 0 Å². The van der Waals surface area contributed by atoms with Crippen molar-refractivity contribution in [2.75, 3.05) is 6.61 Å². The molecule has 0 spiro atoms. The minimum absolute atomic E-state index is 0.153. The fourth-order valence-electron chi connectivity index (χ4n) is 4.02. The van der Waals surface area contributed by atoms with E-state index in [9.17, 15) is 4.79 Å². The molecule has 128 valence electrons. The van der Waals surface area contributed by atoms with Crippen LogP contribution in [0.2, 0.25) is 0 Å². The molecule has 1 aromatic heterocycles. The van der Waals surface area contributed by atoms with Crippen LogP contribution >= 0.6 is 0 Å². The maximum absolute atomic E-state index is 13.0. The number of hydrogen-bond donors (Lipinski definition) is 0. The quantitative estimate of drug-likeness (QED) is 0.842. The highest BCUT2D eigenvalue weighted by Gasteiger charge is 2.33. The van der Waals surface area contributed by atoms with Gasteiger partial charge in [0.15, 0.2) is 0 Å². The number of fused-ring (bicyclic) bond motifs is 1. The number of carbonyl (C=O) groups is 1. The molecule has 0 unspecified atom stereocenters. The van der Waals surface area contributed by atoms with Crippen LogP contribution in [0.4, 0.5) is 0 Å². The third kappa shape index (κ3) is 3.20. The largest absolute Gasteiger partial charge is 0.459 e. The van der Waals surface area contributed by atoms with Crippen molar-refractivity contribution in [3.05, 3.63) is 36.1 Å². The molecule has 1 aliphatic carbocycles. The molecule has 2 heterocycles. The molecule has 1 amide bonds. The Morgan fingerprint density at radius 1 is 1.08 bits per heavy atom. The minimum Gasteiger partial charge on any atom is -0.459 e. The van der Waals surface area contributed by atoms with Crippen molar-refractivity contribution in [2.24, 2.45) is 0 Å². The van der Waals surface area contributed by atoms with E-state index in [4.69, 9.17) is 9.15 Å². The molecule has 1 aliphatic heterocycles. The molecule has 0 N–H and O–H groups in total. The van der Waals surface area contributed by atoms with Crippen LogP contribution in [0.3, 0.4) is 0 Å². The number of carbonyl (C=O) groups excluding carboxylic acids is 1. The Balaban J connectivity index is 1.57. The predicted molar refractivity (Wildman–Crippen MR) is 92.6 cm³/mol. The first-order chi connectivity index (χ1) is 11.8. The summed E-state index contributed by atoms with van der Waals surface area (Å²) in [7, 11) is 0. The van der Waals surface area contributed by atoms with Gasteiger partial charge in [0.1, 0.15) is 17.4 Å². The lowest BCUT2D eigenvalue weighted by Crippen LogP contribution is -2.45. The van der Waals surface area contributed by atoms with E-state index in [-0.39, 0.29) is 12.0 Å². The van der Waals surface area contributed by atoms with Crippen molar-refractivity contribution < 1.29 is 13.9 Å². The van der Waals surface area contributed by atoms with Crippen molar-refractivity contribution in [3.63, 3.8) is 0 Å². The third-order valence-corrected chi connectivity index (χ3v) is 5.31. The number of furan rings is 1. The molecular weight excluding hydrogens is 302 g/mol. The molecule has 0 radical (unpaired) electrons. The zero-order chi connectivity index (χ0) is 16.4. The smallest absolute Gasteiger partial charge is 0.252 e. The summed E-state index contributed by atoms with van der Waals surface area (Å²) in [5.41, 5.74) is 0.889. The number of ether oxygens (including phenoxy) is 1. The maximum atomic E-state index is 13.0. The molecule has 2 aliphatic rings. The maximum Gasteiger partial charge on any atom is 0.252 e. The summed E-state index contributed by atoms with van der Waals surface area (Å²) < 4.78 is 11.6. The first-order valence-electron chi connectivity index (χ1n) is 9.21. The molecule has 2 fully saturated rings. The number of nitrogens with zero attached hydrogens (tertiary/aromatic N) is 1. The standard InChI is InChI=1S/C20H25NO3/c22-20(19-11-6-12-23-19)21(16-8-2-1-3-9-16)14-17-13-15-7-4-5-10-18(15)24-17/h4-5,7,10,13,16,19H,1-3,6,8-9,11-12,14H2/t19-/m0/s1. The van der Waals surface area contributed by atoms with Gasteiger partial charge < -0.3 is 14.1 Å². The second kappa shape index (κ2) is 6.98. The summed E-state index contributed by atoms with van der Waals surface area (Å²) in [6, 6.07) is 10.4. The summed E-state index contributed by atoms with van der Waals surface area (Å²) in [6.45, 7) is 1.26. The van der Waals surface area contributed by atoms with E-state index in [0.717, 1.165) is 42.4 Å². The van der Waals surface area contributed by atoms with Crippen LogP contribution in [0.25, 0.3) is 11.0 Å². The highest BCUT2D eigenvalue weighted by Crippen LogP contribution is 2.28. The van der Waals surface area contributed by atoms with E-state index < -0.39 is 0 Å². The van der Waals surface area contributed by atoms with Crippen molar-refractivity contribution in [1.29, 1.82) is 0 Å². The van der Waals surface area contributed by atoms with Gasteiger partial charge in [-0.3, -0.25) is 4.79 Å². The molecule has 1 saturated carbocycles. The van der Waals surface area contributed by atoms with Crippen LogP contribution in [-0.2, 0) is 16.1 Å². The summed E-state index contributed by atoms with van der Waals surface area (Å²) in [5.74, 6) is 1.02. The van der Waals surface area contributed by atoms with Gasteiger partial charge in [-0.05, 0) is 37.8 Å². The molecule has 1 saturated heterocycles. The van der Waals surface area contributed by atoms with Gasteiger partial charge in [0.25, 0.3) is 5.91 Å². The Bertz CT molecular complexity index is 663. The highest BCUT2D eigenvalue weighted by molar-refractivity contribution is 5.82. The van der Waals surface area contributed by atoms with Gasteiger partial charge in [-0.2, -0.15) is 0 Å². The number of benzene rings is 1. The second-order valence-corrected chi connectivity index (χ2v) is 7.01. The SMILES string of the molecule is O=C([C@@H]1CCCO1)N(Cc1cc2ccccc2o1)C1CCCCC1. The van der Waals surface area contributed by atoms with E-state index in [1.807, 2.05) is 23.1 Å². The first-order valence-corrected chi connectivity index (χ1v) is 9.21. The van der Waals surface area contributed by atoms with Crippen LogP contribution in [0.1, 0.15) is 50.7 Å². The van der Waals surface area contributed by atoms with Gasteiger partial charge in [-0.1, -0.05) is 37.5 Å². The van der Waals surface area contributed by atoms with E-state index in [1.165, 1.54) is 19.3 Å². The van der Waals surface area contributed by atoms with Gasteiger partial charge in [0.2, 0.25) is 0 Å². The first kappa shape index (κ1) is 15.7. The minimum atomic E-state index is -0.253. The topological polar surface area (TPSA) is 42.7 Å². The predicted octanol–water partition coefficient (Wildman–Crippen LogP) is 4.27. The molecule has 0 bridgehead atoms. The summed E-state index contributed by atoms with van der Waals surface area (Å²) >= 11 is 0. The highest BCUT2D eigenvalue weighted by atomic mass is 16.5. The van der Waals surface area contributed by atoms with Gasteiger partial charge >= 0.3 is 0 Å². The Hall–Kier alpha value is -1.81. The monoisotopic (exact) mass is 327 g/mol. The van der Waals surface area contributed by atoms with Crippen LogP contribution in [-0.4, -0.2) is 29.6 Å². The normalized spacial score (nSPS) is 22.1. The van der Waals surface area contributed by atoms with Crippen molar-refractivity contribution in [2.45, 2.75) is 63.6 Å². The van der Waals surface area contributed by atoms with Crippen LogP contribution in [0.5, 0.6) is 0 Å². The lowest BCUT2D eigenvalue weighted by Gasteiger charge is -2.35. The van der Waals surface area contributed by atoms with Crippen LogP contribution in [0.15, 0.2) is 34.7 Å². The van der Waals surface area contributed by atoms with E-state index in [2.05, 4.69) is 12.1 Å². The fraction of sp³-hybridized carbons (Fsp3) is 0.550. The van der Waals surface area contributed by atoms with E-state index in [1.54, 1.807) is 0 Å². The average Bonchev–Trinajstić information content (AvgIpc) is 3.29. The second-order valence-electron chi connectivity index (χ2n) is 7.01. The van der Waals surface area contributed by atoms with E-state index in [0.29, 0.717) is 19.2 Å². The molecule has 2 aromatic rings. The molecule has 4 nitrogen and oxygen atoms in total. The Morgan fingerprint density at radius 2 is 1.92 bits per heavy atom. The molecule has 4 heteroatoms. The molecule has 4 rings (SSSR count). The lowest BCUT2D eigenvalue weighted by molar-refractivity contribution is -0.145. The van der Waals surface area contributed by atoms with Crippen molar-refractivity contribution in [3.8, 4) is 0 Å². The molecular formula is C20H25NO3. The van der Waals surface area contributed by atoms with Gasteiger partial charge in [-0.25, -0.2) is 0 Å². The number of hydrogen-bond acceptors (Lipinski definition) is 3. The van der Waals surface area contributed by atoms with Crippen molar-refractivity contribution in [1.82, 2.24) is 4.90 Å². The van der Waals surface area contributed by atoms with E-state index >= 15 is 0 Å². The number of para-hydroxylation sites is 1. The summed E-state index contributed by atoms with van der Waals surface area (Å²) in [4.78, 5) is 15.1. The van der Waals surface area contributed by atoms with Crippen molar-refractivity contribution >= 4 is 16.9 Å².